The number of fused-ring (bicyclic) bond motifs is 1. The highest BCUT2D eigenvalue weighted by Gasteiger charge is 2.38. The lowest BCUT2D eigenvalue weighted by Crippen LogP contribution is -2.36. The molecule has 4 rings (SSSR count). The number of anilines is 1. The van der Waals surface area contributed by atoms with Crippen molar-refractivity contribution >= 4 is 23.6 Å². The number of carbonyl (C=O) groups excluding carboxylic acids is 2. The molecule has 0 bridgehead atoms. The van der Waals surface area contributed by atoms with E-state index >= 15 is 0 Å². The van der Waals surface area contributed by atoms with Crippen LogP contribution in [0.4, 0.5) is 10.5 Å². The number of nitrogens with one attached hydrogen (secondary N) is 1. The van der Waals surface area contributed by atoms with Crippen LogP contribution < -0.4 is 15.0 Å². The van der Waals surface area contributed by atoms with E-state index in [1.54, 1.807) is 6.07 Å². The maximum Gasteiger partial charge on any atom is 0.332 e. The van der Waals surface area contributed by atoms with Crippen molar-refractivity contribution in [3.05, 3.63) is 59.2 Å². The molecule has 3 amide bonds. The number of hydrogen-bond acceptors (Lipinski definition) is 8. The molecule has 2 aromatic rings. The number of urea groups is 1. The first-order valence-electron chi connectivity index (χ1n) is 15.5. The number of aliphatic hydroxyl groups excluding tert-OH is 1. The molecule has 2 aliphatic rings. The number of rotatable bonds is 18. The lowest BCUT2D eigenvalue weighted by molar-refractivity contribution is -0.180. The van der Waals surface area contributed by atoms with Crippen molar-refractivity contribution in [2.24, 2.45) is 0 Å². The first kappa shape index (κ1) is 33.4. The molecule has 0 aromatic heterocycles. The number of aliphatic carboxylic acids is 1. The predicted molar refractivity (Wildman–Crippen MR) is 165 cm³/mol. The van der Waals surface area contributed by atoms with E-state index in [2.05, 4.69) is 5.32 Å². The molecule has 1 atom stereocenters. The number of carboxylic acid groups (broad SMARTS) is 1. The van der Waals surface area contributed by atoms with Crippen molar-refractivity contribution in [2.45, 2.75) is 77.3 Å². The molecular weight excluding hydrogens is 566 g/mol. The molecule has 240 valence electrons. The van der Waals surface area contributed by atoms with Crippen molar-refractivity contribution < 1.29 is 38.8 Å². The Bertz CT molecular complexity index is 1280. The van der Waals surface area contributed by atoms with Crippen LogP contribution in [0.3, 0.4) is 0 Å². The molecule has 1 fully saturated rings. The second-order valence-electron chi connectivity index (χ2n) is 11.8. The van der Waals surface area contributed by atoms with Gasteiger partial charge in [0.05, 0.1) is 12.7 Å². The lowest BCUT2D eigenvalue weighted by Gasteiger charge is -2.33. The van der Waals surface area contributed by atoms with E-state index in [1.807, 2.05) is 50.2 Å². The normalized spacial score (nSPS) is 16.6. The number of nitrogens with zero attached hydrogens (tertiary/aromatic N) is 2. The van der Waals surface area contributed by atoms with Crippen LogP contribution in [0, 0.1) is 0 Å². The van der Waals surface area contributed by atoms with Gasteiger partial charge < -0.3 is 29.7 Å². The number of carboxylic acids is 1. The maximum atomic E-state index is 12.5. The van der Waals surface area contributed by atoms with E-state index in [0.717, 1.165) is 85.4 Å². The highest BCUT2D eigenvalue weighted by atomic mass is 16.7. The number of carbonyl (C=O) groups is 3. The maximum absolute atomic E-state index is 12.5. The SMILES string of the molecule is CC1(C)OCc2cc([C@H](O)CNCCCCCCOCCCCc3cccc(N4CC(=O)N(CC(=O)O)C4=O)c3)ccc2O1. The minimum atomic E-state index is -1.22. The number of unbranched alkanes of at least 4 members (excludes halogenated alkanes) is 4. The number of amides is 3. The summed E-state index contributed by atoms with van der Waals surface area (Å²) in [6, 6.07) is 12.6. The summed E-state index contributed by atoms with van der Waals surface area (Å²) >= 11 is 0. The smallest absolute Gasteiger partial charge is 0.332 e. The Kier molecular flexibility index (Phi) is 12.1. The van der Waals surface area contributed by atoms with Crippen molar-refractivity contribution in [3.8, 4) is 5.75 Å². The Morgan fingerprint density at radius 1 is 1.05 bits per heavy atom. The Labute approximate surface area is 259 Å². The fraction of sp³-hybridized carbons (Fsp3) is 0.545. The molecular formula is C33H45N3O8. The van der Waals surface area contributed by atoms with Gasteiger partial charge >= 0.3 is 12.0 Å². The number of ether oxygens (including phenoxy) is 3. The average molecular weight is 612 g/mol. The van der Waals surface area contributed by atoms with Crippen LogP contribution in [0.2, 0.25) is 0 Å². The molecule has 44 heavy (non-hydrogen) atoms. The summed E-state index contributed by atoms with van der Waals surface area (Å²) in [6.07, 6.45) is 6.36. The molecule has 0 unspecified atom stereocenters. The average Bonchev–Trinajstić information content (AvgIpc) is 3.27. The van der Waals surface area contributed by atoms with Gasteiger partial charge in [0.1, 0.15) is 18.8 Å². The zero-order chi connectivity index (χ0) is 31.5. The summed E-state index contributed by atoms with van der Waals surface area (Å²) in [6.45, 7) is 6.26. The number of hydrogen-bond donors (Lipinski definition) is 3. The highest BCUT2D eigenvalue weighted by molar-refractivity contribution is 6.13. The van der Waals surface area contributed by atoms with E-state index < -0.39 is 36.3 Å². The Morgan fingerprint density at radius 3 is 2.61 bits per heavy atom. The van der Waals surface area contributed by atoms with Crippen LogP contribution >= 0.6 is 0 Å². The molecule has 1 saturated heterocycles. The van der Waals surface area contributed by atoms with Crippen LogP contribution in [0.1, 0.15) is 75.2 Å². The van der Waals surface area contributed by atoms with Gasteiger partial charge in [-0.25, -0.2) is 4.79 Å². The van der Waals surface area contributed by atoms with Crippen molar-refractivity contribution in [1.29, 1.82) is 0 Å². The highest BCUT2D eigenvalue weighted by Crippen LogP contribution is 2.33. The summed E-state index contributed by atoms with van der Waals surface area (Å²) in [5.41, 5.74) is 3.46. The standard InChI is InChI=1S/C33H45N3O8/c1-33(2)43-23-26-19-25(13-14-29(26)44-33)28(37)20-34-15-6-3-4-7-16-42-17-8-5-10-24-11-9-12-27(18-24)35-21-30(38)36(32(35)41)22-31(39)40/h9,11-14,18-19,28,34,37H,3-8,10,15-17,20-23H2,1-2H3,(H,39,40)/t28-/m1/s1. The summed E-state index contributed by atoms with van der Waals surface area (Å²) in [7, 11) is 0. The Hall–Kier alpha value is -3.51. The van der Waals surface area contributed by atoms with Gasteiger partial charge in [-0.1, -0.05) is 31.0 Å². The van der Waals surface area contributed by atoms with Gasteiger partial charge in [0.15, 0.2) is 0 Å². The van der Waals surface area contributed by atoms with Gasteiger partial charge in [-0.05, 0) is 74.0 Å². The van der Waals surface area contributed by atoms with Crippen LogP contribution in [-0.4, -0.2) is 78.2 Å². The van der Waals surface area contributed by atoms with E-state index in [-0.39, 0.29) is 6.54 Å². The molecule has 0 saturated carbocycles. The van der Waals surface area contributed by atoms with E-state index in [9.17, 15) is 19.5 Å². The molecule has 11 heteroatoms. The van der Waals surface area contributed by atoms with Crippen molar-refractivity contribution in [1.82, 2.24) is 10.2 Å². The third-order valence-corrected chi connectivity index (χ3v) is 7.71. The molecule has 11 nitrogen and oxygen atoms in total. The van der Waals surface area contributed by atoms with Gasteiger partial charge in [0.2, 0.25) is 5.79 Å². The predicted octanol–water partition coefficient (Wildman–Crippen LogP) is 4.41. The van der Waals surface area contributed by atoms with Gasteiger partial charge in [0, 0.05) is 44.9 Å². The van der Waals surface area contributed by atoms with E-state index in [1.165, 1.54) is 4.90 Å². The summed E-state index contributed by atoms with van der Waals surface area (Å²) in [5.74, 6) is -1.55. The number of benzene rings is 2. The van der Waals surface area contributed by atoms with E-state index in [4.69, 9.17) is 19.3 Å². The number of aryl methyl sites for hydroxylation is 1. The first-order chi connectivity index (χ1) is 21.1. The van der Waals surface area contributed by atoms with E-state index in [0.29, 0.717) is 25.4 Å². The molecule has 0 spiro atoms. The second kappa shape index (κ2) is 16.0. The summed E-state index contributed by atoms with van der Waals surface area (Å²) in [4.78, 5) is 37.6. The topological polar surface area (TPSA) is 138 Å². The third-order valence-electron chi connectivity index (χ3n) is 7.71. The summed E-state index contributed by atoms with van der Waals surface area (Å²) in [5, 5.41) is 22.8. The Morgan fingerprint density at radius 2 is 1.82 bits per heavy atom. The summed E-state index contributed by atoms with van der Waals surface area (Å²) < 4.78 is 17.3. The zero-order valence-electron chi connectivity index (χ0n) is 25.8. The largest absolute Gasteiger partial charge is 0.480 e. The monoisotopic (exact) mass is 611 g/mol. The van der Waals surface area contributed by atoms with Crippen molar-refractivity contribution in [3.63, 3.8) is 0 Å². The Balaban J connectivity index is 1.00. The minimum absolute atomic E-state index is 0.148. The number of aliphatic hydroxyl groups is 1. The lowest BCUT2D eigenvalue weighted by atomic mass is 10.0. The fourth-order valence-corrected chi connectivity index (χ4v) is 5.28. The second-order valence-corrected chi connectivity index (χ2v) is 11.8. The first-order valence-corrected chi connectivity index (χ1v) is 15.5. The van der Waals surface area contributed by atoms with Crippen LogP contribution in [0.5, 0.6) is 5.75 Å². The van der Waals surface area contributed by atoms with Crippen molar-refractivity contribution in [2.75, 3.05) is 44.3 Å². The minimum Gasteiger partial charge on any atom is -0.480 e. The van der Waals surface area contributed by atoms with Gasteiger partial charge in [0.25, 0.3) is 5.91 Å². The zero-order valence-corrected chi connectivity index (χ0v) is 25.8. The van der Waals surface area contributed by atoms with Gasteiger partial charge in [-0.2, -0.15) is 0 Å². The molecule has 2 aromatic carbocycles. The van der Waals surface area contributed by atoms with Crippen LogP contribution in [0.25, 0.3) is 0 Å². The molecule has 0 radical (unpaired) electrons. The third kappa shape index (κ3) is 9.75. The number of imide groups is 1. The van der Waals surface area contributed by atoms with Crippen LogP contribution in [-0.2, 0) is 32.1 Å². The van der Waals surface area contributed by atoms with Gasteiger partial charge in [-0.3, -0.25) is 19.4 Å². The fourth-order valence-electron chi connectivity index (χ4n) is 5.28. The van der Waals surface area contributed by atoms with Crippen LogP contribution in [0.15, 0.2) is 42.5 Å². The molecule has 2 aliphatic heterocycles. The quantitative estimate of drug-likeness (QED) is 0.165. The molecule has 3 N–H and O–H groups in total. The molecule has 2 heterocycles. The molecule has 0 aliphatic carbocycles. The van der Waals surface area contributed by atoms with Gasteiger partial charge in [-0.15, -0.1) is 0 Å².